The Morgan fingerprint density at radius 3 is 2.11 bits per heavy atom. The maximum absolute atomic E-state index is 13.3. The number of ether oxygens (including phenoxy) is 1. The van der Waals surface area contributed by atoms with E-state index in [1.165, 1.54) is 30.7 Å². The lowest BCUT2D eigenvalue weighted by molar-refractivity contribution is 0.103. The van der Waals surface area contributed by atoms with Crippen LogP contribution >= 0.6 is 12.4 Å². The van der Waals surface area contributed by atoms with Gasteiger partial charge in [0.25, 0.3) is 0 Å². The third kappa shape index (κ3) is 6.16. The number of hydrogen-bond acceptors (Lipinski definition) is 3. The minimum Gasteiger partial charge on any atom is -0.491 e. The van der Waals surface area contributed by atoms with Crippen molar-refractivity contribution in [2.45, 2.75) is 43.6 Å². The van der Waals surface area contributed by atoms with Gasteiger partial charge in [0.05, 0.1) is 0 Å². The van der Waals surface area contributed by atoms with Gasteiger partial charge in [-0.05, 0) is 54.8 Å². The fourth-order valence-corrected chi connectivity index (χ4v) is 3.86. The van der Waals surface area contributed by atoms with E-state index < -0.39 is 6.10 Å². The van der Waals surface area contributed by atoms with E-state index in [0.29, 0.717) is 12.3 Å². The number of nitrogens with one attached hydrogen (secondary N) is 1. The number of rotatable bonds is 8. The molecular weight excluding hydrogens is 384 g/mol. The summed E-state index contributed by atoms with van der Waals surface area (Å²) in [6, 6.07) is 12.6. The van der Waals surface area contributed by atoms with E-state index in [-0.39, 0.29) is 36.1 Å². The lowest BCUT2D eigenvalue weighted by Crippen LogP contribution is -2.43. The van der Waals surface area contributed by atoms with Gasteiger partial charge in [0.15, 0.2) is 0 Å². The summed E-state index contributed by atoms with van der Waals surface area (Å²) < 4.78 is 31.7. The molecule has 2 aromatic rings. The molecule has 28 heavy (non-hydrogen) atoms. The Morgan fingerprint density at radius 1 is 0.929 bits per heavy atom. The van der Waals surface area contributed by atoms with E-state index in [4.69, 9.17) is 4.74 Å². The molecule has 0 amide bonds. The molecule has 3 rings (SSSR count). The van der Waals surface area contributed by atoms with Crippen molar-refractivity contribution >= 4 is 12.4 Å². The largest absolute Gasteiger partial charge is 0.491 e. The summed E-state index contributed by atoms with van der Waals surface area (Å²) in [5.41, 5.74) is 1.15. The summed E-state index contributed by atoms with van der Waals surface area (Å²) in [4.78, 5) is 0. The van der Waals surface area contributed by atoms with E-state index >= 15 is 0 Å². The molecule has 6 heteroatoms. The van der Waals surface area contributed by atoms with Gasteiger partial charge >= 0.3 is 0 Å². The first-order chi connectivity index (χ1) is 13.1. The lowest BCUT2D eigenvalue weighted by atomic mass is 9.69. The van der Waals surface area contributed by atoms with E-state index in [9.17, 15) is 13.9 Å². The smallest absolute Gasteiger partial charge is 0.123 e. The van der Waals surface area contributed by atoms with Crippen LogP contribution in [-0.2, 0) is 5.41 Å². The molecular formula is C22H28ClF2NO2. The van der Waals surface area contributed by atoms with Crippen LogP contribution < -0.4 is 10.1 Å². The Labute approximate surface area is 171 Å². The molecule has 1 aliphatic rings. The van der Waals surface area contributed by atoms with Crippen molar-refractivity contribution in [3.63, 3.8) is 0 Å². The van der Waals surface area contributed by atoms with Crippen molar-refractivity contribution in [2.75, 3.05) is 19.7 Å². The average molecular weight is 412 g/mol. The molecule has 3 nitrogen and oxygen atoms in total. The zero-order chi connectivity index (χ0) is 19.1. The van der Waals surface area contributed by atoms with Crippen LogP contribution in [0.2, 0.25) is 0 Å². The third-order valence-corrected chi connectivity index (χ3v) is 5.37. The Bertz CT molecular complexity index is 703. The highest BCUT2D eigenvalue weighted by molar-refractivity contribution is 5.85. The summed E-state index contributed by atoms with van der Waals surface area (Å²) in [6.07, 6.45) is 5.02. The maximum atomic E-state index is 13.3. The van der Waals surface area contributed by atoms with Crippen LogP contribution in [0.15, 0.2) is 48.5 Å². The summed E-state index contributed by atoms with van der Waals surface area (Å²) in [7, 11) is 0. The Kier molecular flexibility index (Phi) is 8.67. The van der Waals surface area contributed by atoms with Crippen LogP contribution in [-0.4, -0.2) is 30.9 Å². The molecule has 1 saturated carbocycles. The van der Waals surface area contributed by atoms with Crippen molar-refractivity contribution in [3.05, 3.63) is 65.7 Å². The molecule has 1 fully saturated rings. The molecule has 1 aliphatic carbocycles. The Balaban J connectivity index is 0.00000280. The summed E-state index contributed by atoms with van der Waals surface area (Å²) in [5.74, 6) is -0.000292. The molecule has 0 aliphatic heterocycles. The zero-order valence-corrected chi connectivity index (χ0v) is 16.7. The lowest BCUT2D eigenvalue weighted by Gasteiger charge is -2.38. The molecule has 0 radical (unpaired) electrons. The predicted octanol–water partition coefficient (Wildman–Crippen LogP) is 4.62. The van der Waals surface area contributed by atoms with Crippen LogP contribution in [0.5, 0.6) is 5.75 Å². The van der Waals surface area contributed by atoms with Gasteiger partial charge in [-0.25, -0.2) is 8.78 Å². The Morgan fingerprint density at radius 2 is 1.50 bits per heavy atom. The molecule has 0 aromatic heterocycles. The fourth-order valence-electron chi connectivity index (χ4n) is 3.86. The van der Waals surface area contributed by atoms with Crippen molar-refractivity contribution < 1.29 is 18.6 Å². The first kappa shape index (κ1) is 22.6. The molecule has 0 bridgehead atoms. The summed E-state index contributed by atoms with van der Waals surface area (Å²) in [5, 5.41) is 13.5. The van der Waals surface area contributed by atoms with Crippen molar-refractivity contribution in [1.29, 1.82) is 0 Å². The minimum absolute atomic E-state index is 0. The second kappa shape index (κ2) is 10.7. The number of aliphatic hydroxyl groups excluding tert-OH is 1. The standard InChI is InChI=1S/C22H27F2NO2.ClH/c23-18-6-4-17(5-7-18)22(12-2-1-3-13-22)16-25-14-20(26)15-27-21-10-8-19(24)9-11-21;/h4-11,20,25-26H,1-3,12-16H2;1H. The zero-order valence-electron chi connectivity index (χ0n) is 15.9. The third-order valence-electron chi connectivity index (χ3n) is 5.37. The van der Waals surface area contributed by atoms with Crippen LogP contribution in [0.25, 0.3) is 0 Å². The highest BCUT2D eigenvalue weighted by atomic mass is 35.5. The number of hydrogen-bond donors (Lipinski definition) is 2. The number of halogens is 3. The van der Waals surface area contributed by atoms with E-state index in [1.54, 1.807) is 12.1 Å². The Hall–Kier alpha value is -1.69. The highest BCUT2D eigenvalue weighted by Gasteiger charge is 2.33. The summed E-state index contributed by atoms with van der Waals surface area (Å²) >= 11 is 0. The van der Waals surface area contributed by atoms with E-state index in [2.05, 4.69) is 5.32 Å². The molecule has 154 valence electrons. The van der Waals surface area contributed by atoms with Crippen LogP contribution in [0, 0.1) is 11.6 Å². The van der Waals surface area contributed by atoms with Crippen LogP contribution in [0.4, 0.5) is 8.78 Å². The highest BCUT2D eigenvalue weighted by Crippen LogP contribution is 2.39. The fraction of sp³-hybridized carbons (Fsp3) is 0.455. The van der Waals surface area contributed by atoms with Gasteiger partial charge in [-0.2, -0.15) is 0 Å². The second-order valence-electron chi connectivity index (χ2n) is 7.40. The molecule has 2 N–H and O–H groups in total. The van der Waals surface area contributed by atoms with Gasteiger partial charge in [0, 0.05) is 18.5 Å². The molecule has 1 atom stereocenters. The molecule has 1 unspecified atom stereocenters. The second-order valence-corrected chi connectivity index (χ2v) is 7.40. The molecule has 0 saturated heterocycles. The molecule has 0 spiro atoms. The van der Waals surface area contributed by atoms with Crippen molar-refractivity contribution in [2.24, 2.45) is 0 Å². The normalized spacial score (nSPS) is 16.8. The topological polar surface area (TPSA) is 41.5 Å². The van der Waals surface area contributed by atoms with Gasteiger partial charge in [-0.1, -0.05) is 31.4 Å². The van der Waals surface area contributed by atoms with Gasteiger partial charge in [0.2, 0.25) is 0 Å². The SMILES string of the molecule is Cl.OC(CNCC1(c2ccc(F)cc2)CCCCC1)COc1ccc(F)cc1. The minimum atomic E-state index is -0.663. The first-order valence-corrected chi connectivity index (χ1v) is 9.61. The van der Waals surface area contributed by atoms with Gasteiger partial charge in [-0.15, -0.1) is 12.4 Å². The van der Waals surface area contributed by atoms with Crippen molar-refractivity contribution in [3.8, 4) is 5.75 Å². The quantitative estimate of drug-likeness (QED) is 0.666. The van der Waals surface area contributed by atoms with Crippen LogP contribution in [0.3, 0.4) is 0 Å². The van der Waals surface area contributed by atoms with E-state index in [1.807, 2.05) is 12.1 Å². The summed E-state index contributed by atoms with van der Waals surface area (Å²) in [6.45, 7) is 1.29. The predicted molar refractivity (Wildman–Crippen MR) is 109 cm³/mol. The monoisotopic (exact) mass is 411 g/mol. The van der Waals surface area contributed by atoms with Gasteiger partial charge in [0.1, 0.15) is 30.1 Å². The van der Waals surface area contributed by atoms with Crippen LogP contribution in [0.1, 0.15) is 37.7 Å². The maximum Gasteiger partial charge on any atom is 0.123 e. The molecule has 2 aromatic carbocycles. The van der Waals surface area contributed by atoms with Crippen molar-refractivity contribution in [1.82, 2.24) is 5.32 Å². The first-order valence-electron chi connectivity index (χ1n) is 9.61. The van der Waals surface area contributed by atoms with Gasteiger partial charge in [-0.3, -0.25) is 0 Å². The van der Waals surface area contributed by atoms with E-state index in [0.717, 1.165) is 37.8 Å². The molecule has 0 heterocycles. The number of benzene rings is 2. The van der Waals surface area contributed by atoms with Gasteiger partial charge < -0.3 is 15.2 Å². The number of aliphatic hydroxyl groups is 1. The average Bonchev–Trinajstić information content (AvgIpc) is 2.69.